The second-order valence-electron chi connectivity index (χ2n) is 3.12. The summed E-state index contributed by atoms with van der Waals surface area (Å²) in [7, 11) is 0. The molecule has 2 heteroatoms. The van der Waals surface area contributed by atoms with E-state index in [-0.39, 0.29) is 0 Å². The van der Waals surface area contributed by atoms with Gasteiger partial charge in [0.1, 0.15) is 0 Å². The first-order chi connectivity index (χ1) is 5.79. The van der Waals surface area contributed by atoms with Crippen LogP contribution in [0, 0.1) is 6.92 Å². The highest BCUT2D eigenvalue weighted by Gasteiger charge is 2.13. The number of hydrogen-bond acceptors (Lipinski definition) is 1. The highest BCUT2D eigenvalue weighted by atomic mass is 35.5. The summed E-state index contributed by atoms with van der Waals surface area (Å²) in [5.74, 6) is 0. The third-order valence-electron chi connectivity index (χ3n) is 2.35. The number of fused-ring (bicyclic) bond motifs is 1. The van der Waals surface area contributed by atoms with Gasteiger partial charge in [0, 0.05) is 5.02 Å². The number of benzene rings is 1. The third kappa shape index (κ3) is 1.23. The monoisotopic (exact) mass is 182 g/mol. The Morgan fingerprint density at radius 1 is 1.33 bits per heavy atom. The van der Waals surface area contributed by atoms with Crippen LogP contribution >= 0.6 is 11.6 Å². The summed E-state index contributed by atoms with van der Waals surface area (Å²) in [6, 6.07) is 4.02. The molecule has 0 fully saturated rings. The Bertz CT molecular complexity index is 276. The van der Waals surface area contributed by atoms with Crippen molar-refractivity contribution in [1.82, 2.24) is 0 Å². The van der Waals surface area contributed by atoms with Gasteiger partial charge >= 0.3 is 0 Å². The van der Waals surface area contributed by atoms with Crippen molar-refractivity contribution >= 4 is 11.6 Å². The van der Waals surface area contributed by atoms with Crippen LogP contribution in [0.25, 0.3) is 0 Å². The van der Waals surface area contributed by atoms with Gasteiger partial charge in [-0.3, -0.25) is 0 Å². The Kier molecular flexibility index (Phi) is 2.07. The van der Waals surface area contributed by atoms with Crippen LogP contribution in [0.15, 0.2) is 12.1 Å². The van der Waals surface area contributed by atoms with Gasteiger partial charge in [0.25, 0.3) is 0 Å². The van der Waals surface area contributed by atoms with Gasteiger partial charge in [-0.05, 0) is 36.1 Å². The van der Waals surface area contributed by atoms with Crippen LogP contribution in [0.2, 0.25) is 5.02 Å². The van der Waals surface area contributed by atoms with E-state index in [4.69, 9.17) is 16.3 Å². The molecule has 1 aromatic rings. The van der Waals surface area contributed by atoms with Crippen molar-refractivity contribution in [2.75, 3.05) is 6.61 Å². The van der Waals surface area contributed by atoms with Gasteiger partial charge in [0.2, 0.25) is 0 Å². The summed E-state index contributed by atoms with van der Waals surface area (Å²) in [4.78, 5) is 0. The van der Waals surface area contributed by atoms with E-state index in [0.29, 0.717) is 6.61 Å². The molecule has 0 amide bonds. The van der Waals surface area contributed by atoms with Crippen LogP contribution in [-0.2, 0) is 17.8 Å². The van der Waals surface area contributed by atoms with Gasteiger partial charge in [0.05, 0.1) is 13.2 Å². The zero-order valence-electron chi connectivity index (χ0n) is 7.06. The molecule has 0 unspecified atom stereocenters. The van der Waals surface area contributed by atoms with E-state index < -0.39 is 0 Å². The van der Waals surface area contributed by atoms with Crippen molar-refractivity contribution in [3.05, 3.63) is 33.8 Å². The minimum Gasteiger partial charge on any atom is -0.376 e. The second kappa shape index (κ2) is 3.08. The maximum absolute atomic E-state index is 6.03. The number of halogens is 1. The van der Waals surface area contributed by atoms with Crippen molar-refractivity contribution in [3.8, 4) is 0 Å². The van der Waals surface area contributed by atoms with E-state index in [2.05, 4.69) is 13.0 Å². The van der Waals surface area contributed by atoms with Crippen LogP contribution in [0.5, 0.6) is 0 Å². The molecule has 0 saturated carbocycles. The minimum absolute atomic E-state index is 0.676. The van der Waals surface area contributed by atoms with Gasteiger partial charge in [-0.15, -0.1) is 0 Å². The molecule has 0 aliphatic carbocycles. The van der Waals surface area contributed by atoms with Gasteiger partial charge in [-0.25, -0.2) is 0 Å². The van der Waals surface area contributed by atoms with Crippen LogP contribution in [-0.4, -0.2) is 6.61 Å². The minimum atomic E-state index is 0.676. The molecule has 12 heavy (non-hydrogen) atoms. The van der Waals surface area contributed by atoms with E-state index in [9.17, 15) is 0 Å². The number of ether oxygens (including phenoxy) is 1. The first-order valence-electron chi connectivity index (χ1n) is 4.13. The highest BCUT2D eigenvalue weighted by Crippen LogP contribution is 2.27. The maximum atomic E-state index is 6.03. The Hall–Kier alpha value is -0.530. The van der Waals surface area contributed by atoms with Crippen molar-refractivity contribution in [1.29, 1.82) is 0 Å². The Morgan fingerprint density at radius 3 is 2.92 bits per heavy atom. The average Bonchev–Trinajstić information content (AvgIpc) is 2.12. The molecule has 0 atom stereocenters. The normalized spacial score (nSPS) is 15.8. The topological polar surface area (TPSA) is 9.23 Å². The molecule has 0 saturated heterocycles. The summed E-state index contributed by atoms with van der Waals surface area (Å²) in [6.45, 7) is 3.63. The number of rotatable bonds is 0. The molecule has 1 aliphatic heterocycles. The Morgan fingerprint density at radius 2 is 2.17 bits per heavy atom. The predicted molar refractivity (Wildman–Crippen MR) is 49.5 cm³/mol. The lowest BCUT2D eigenvalue weighted by Crippen LogP contribution is -2.11. The van der Waals surface area contributed by atoms with Crippen LogP contribution in [0.1, 0.15) is 16.7 Å². The largest absolute Gasteiger partial charge is 0.376 e. The molecule has 0 bridgehead atoms. The second-order valence-corrected chi connectivity index (χ2v) is 3.53. The summed E-state index contributed by atoms with van der Waals surface area (Å²) in [6.07, 6.45) is 1.00. The van der Waals surface area contributed by atoms with Gasteiger partial charge in [0.15, 0.2) is 0 Å². The first kappa shape index (κ1) is 8.09. The van der Waals surface area contributed by atoms with Gasteiger partial charge in [-0.1, -0.05) is 17.7 Å². The lowest BCUT2D eigenvalue weighted by Gasteiger charge is -2.19. The van der Waals surface area contributed by atoms with Gasteiger partial charge < -0.3 is 4.74 Å². The lowest BCUT2D eigenvalue weighted by atomic mass is 9.98. The molecule has 1 nitrogen and oxygen atoms in total. The summed E-state index contributed by atoms with van der Waals surface area (Å²) >= 11 is 6.03. The molecule has 64 valence electrons. The van der Waals surface area contributed by atoms with E-state index in [1.165, 1.54) is 16.7 Å². The van der Waals surface area contributed by atoms with Gasteiger partial charge in [-0.2, -0.15) is 0 Å². The fraction of sp³-hybridized carbons (Fsp3) is 0.400. The van der Waals surface area contributed by atoms with E-state index in [1.54, 1.807) is 0 Å². The molecule has 0 N–H and O–H groups in total. The van der Waals surface area contributed by atoms with Crippen LogP contribution in [0.4, 0.5) is 0 Å². The predicted octanol–water partition coefficient (Wildman–Crippen LogP) is 2.72. The fourth-order valence-corrected chi connectivity index (χ4v) is 1.87. The molecular weight excluding hydrogens is 172 g/mol. The van der Waals surface area contributed by atoms with Crippen molar-refractivity contribution in [2.45, 2.75) is 20.0 Å². The first-order valence-corrected chi connectivity index (χ1v) is 4.51. The van der Waals surface area contributed by atoms with E-state index >= 15 is 0 Å². The van der Waals surface area contributed by atoms with Crippen LogP contribution < -0.4 is 0 Å². The zero-order valence-corrected chi connectivity index (χ0v) is 7.82. The molecule has 1 aliphatic rings. The standard InChI is InChI=1S/C10H11ClO/c1-7-2-3-10(11)9-6-12-5-4-8(7)9/h2-3H,4-6H2,1H3. The molecule has 1 heterocycles. The Balaban J connectivity index is 2.57. The molecule has 1 aromatic carbocycles. The number of hydrogen-bond donors (Lipinski definition) is 0. The summed E-state index contributed by atoms with van der Waals surface area (Å²) < 4.78 is 5.35. The Labute approximate surface area is 77.3 Å². The molecule has 0 aromatic heterocycles. The quantitative estimate of drug-likeness (QED) is 0.600. The average molecular weight is 183 g/mol. The molecule has 0 radical (unpaired) electrons. The van der Waals surface area contributed by atoms with Crippen molar-refractivity contribution in [3.63, 3.8) is 0 Å². The molecule has 0 spiro atoms. The third-order valence-corrected chi connectivity index (χ3v) is 2.71. The smallest absolute Gasteiger partial charge is 0.0734 e. The van der Waals surface area contributed by atoms with Crippen LogP contribution in [0.3, 0.4) is 0 Å². The van der Waals surface area contributed by atoms with E-state index in [1.807, 2.05) is 6.07 Å². The maximum Gasteiger partial charge on any atom is 0.0734 e. The lowest BCUT2D eigenvalue weighted by molar-refractivity contribution is 0.110. The summed E-state index contributed by atoms with van der Waals surface area (Å²) in [5.41, 5.74) is 3.90. The highest BCUT2D eigenvalue weighted by molar-refractivity contribution is 6.31. The fourth-order valence-electron chi connectivity index (χ4n) is 1.63. The molecule has 2 rings (SSSR count). The van der Waals surface area contributed by atoms with Crippen molar-refractivity contribution in [2.24, 2.45) is 0 Å². The van der Waals surface area contributed by atoms with Crippen molar-refractivity contribution < 1.29 is 4.74 Å². The van der Waals surface area contributed by atoms with E-state index in [0.717, 1.165) is 18.1 Å². The number of aryl methyl sites for hydroxylation is 1. The summed E-state index contributed by atoms with van der Waals surface area (Å²) in [5, 5.41) is 0.843. The SMILES string of the molecule is Cc1ccc(Cl)c2c1CCOC2. The molecular formula is C10H11ClO. The zero-order chi connectivity index (χ0) is 8.55.